The van der Waals surface area contributed by atoms with Crippen LogP contribution < -0.4 is 10.3 Å². The van der Waals surface area contributed by atoms with Gasteiger partial charge in [-0.1, -0.05) is 36.4 Å². The largest absolute Gasteiger partial charge is 0.487 e. The molecule has 0 aliphatic heterocycles. The molecule has 5 heteroatoms. The van der Waals surface area contributed by atoms with Crippen LogP contribution in [0.5, 0.6) is 5.75 Å². The SMILES string of the molecule is O=c1ccc2c(C(O)CO)ccc(OCc3ccccc3)c2[nH]1. The number of pyridine rings is 1. The summed E-state index contributed by atoms with van der Waals surface area (Å²) in [5.41, 5.74) is 1.82. The van der Waals surface area contributed by atoms with Crippen molar-refractivity contribution in [3.05, 3.63) is 76.1 Å². The number of hydrogen-bond donors (Lipinski definition) is 3. The minimum atomic E-state index is -1.01. The van der Waals surface area contributed by atoms with Gasteiger partial charge in [-0.2, -0.15) is 0 Å². The van der Waals surface area contributed by atoms with Crippen molar-refractivity contribution in [3.63, 3.8) is 0 Å². The van der Waals surface area contributed by atoms with Crippen LogP contribution in [0, 0.1) is 0 Å². The molecule has 1 unspecified atom stereocenters. The number of benzene rings is 2. The Balaban J connectivity index is 2.00. The maximum Gasteiger partial charge on any atom is 0.248 e. The van der Waals surface area contributed by atoms with E-state index in [1.54, 1.807) is 18.2 Å². The molecule has 0 spiro atoms. The standard InChI is InChI=1S/C18H17NO4/c20-10-15(21)13-6-8-16(18-14(13)7-9-17(22)19-18)23-11-12-4-2-1-3-5-12/h1-9,15,20-21H,10-11H2,(H,19,22). The molecule has 3 aromatic rings. The first-order valence-corrected chi connectivity index (χ1v) is 7.30. The van der Waals surface area contributed by atoms with Gasteiger partial charge in [0, 0.05) is 11.5 Å². The highest BCUT2D eigenvalue weighted by atomic mass is 16.5. The second-order valence-electron chi connectivity index (χ2n) is 5.24. The highest BCUT2D eigenvalue weighted by Gasteiger charge is 2.14. The molecular weight excluding hydrogens is 294 g/mol. The summed E-state index contributed by atoms with van der Waals surface area (Å²) in [6.45, 7) is -0.0206. The molecule has 2 aromatic carbocycles. The lowest BCUT2D eigenvalue weighted by atomic mass is 10.0. The van der Waals surface area contributed by atoms with Crippen LogP contribution in [-0.4, -0.2) is 21.8 Å². The third-order valence-corrected chi connectivity index (χ3v) is 3.66. The van der Waals surface area contributed by atoms with Crippen LogP contribution >= 0.6 is 0 Å². The number of nitrogens with one attached hydrogen (secondary N) is 1. The summed E-state index contributed by atoms with van der Waals surface area (Å²) in [6, 6.07) is 16.1. The highest BCUT2D eigenvalue weighted by Crippen LogP contribution is 2.30. The lowest BCUT2D eigenvalue weighted by Crippen LogP contribution is -2.08. The van der Waals surface area contributed by atoms with Crippen LogP contribution in [0.4, 0.5) is 0 Å². The zero-order chi connectivity index (χ0) is 16.2. The van der Waals surface area contributed by atoms with E-state index in [1.807, 2.05) is 30.3 Å². The number of rotatable bonds is 5. The molecule has 3 rings (SSSR count). The van der Waals surface area contributed by atoms with E-state index < -0.39 is 12.7 Å². The molecule has 1 heterocycles. The Morgan fingerprint density at radius 2 is 1.83 bits per heavy atom. The van der Waals surface area contributed by atoms with Crippen molar-refractivity contribution < 1.29 is 14.9 Å². The number of ether oxygens (including phenoxy) is 1. The van der Waals surface area contributed by atoms with Gasteiger partial charge in [0.2, 0.25) is 5.56 Å². The number of fused-ring (bicyclic) bond motifs is 1. The zero-order valence-electron chi connectivity index (χ0n) is 12.4. The maximum atomic E-state index is 11.6. The van der Waals surface area contributed by atoms with E-state index in [-0.39, 0.29) is 5.56 Å². The van der Waals surface area contributed by atoms with Crippen LogP contribution in [0.1, 0.15) is 17.2 Å². The molecule has 0 aliphatic carbocycles. The first-order chi connectivity index (χ1) is 11.2. The lowest BCUT2D eigenvalue weighted by molar-refractivity contribution is 0.0967. The first kappa shape index (κ1) is 15.3. The molecule has 1 atom stereocenters. The summed E-state index contributed by atoms with van der Waals surface area (Å²) in [4.78, 5) is 14.4. The molecule has 3 N–H and O–H groups in total. The Labute approximate surface area is 132 Å². The van der Waals surface area contributed by atoms with Crippen molar-refractivity contribution >= 4 is 10.9 Å². The molecule has 0 amide bonds. The second-order valence-corrected chi connectivity index (χ2v) is 5.24. The van der Waals surface area contributed by atoms with Crippen molar-refractivity contribution in [2.75, 3.05) is 6.61 Å². The second kappa shape index (κ2) is 6.64. The Morgan fingerprint density at radius 1 is 1.04 bits per heavy atom. The van der Waals surface area contributed by atoms with E-state index in [1.165, 1.54) is 6.07 Å². The predicted octanol–water partition coefficient (Wildman–Crippen LogP) is 2.13. The van der Waals surface area contributed by atoms with Gasteiger partial charge >= 0.3 is 0 Å². The van der Waals surface area contributed by atoms with E-state index in [2.05, 4.69) is 4.98 Å². The Bertz CT molecular complexity index is 858. The molecule has 0 saturated heterocycles. The van der Waals surface area contributed by atoms with Crippen LogP contribution in [0.25, 0.3) is 10.9 Å². The molecule has 0 aliphatic rings. The van der Waals surface area contributed by atoms with Gasteiger partial charge in [-0.25, -0.2) is 0 Å². The Kier molecular flexibility index (Phi) is 4.41. The van der Waals surface area contributed by atoms with Crippen molar-refractivity contribution in [1.29, 1.82) is 0 Å². The number of H-pyrrole nitrogens is 1. The molecule has 0 fully saturated rings. The fraction of sp³-hybridized carbons (Fsp3) is 0.167. The van der Waals surface area contributed by atoms with E-state index in [9.17, 15) is 15.0 Å². The van der Waals surface area contributed by atoms with Gasteiger partial charge in [-0.15, -0.1) is 0 Å². The van der Waals surface area contributed by atoms with Gasteiger partial charge in [0.05, 0.1) is 12.1 Å². The smallest absolute Gasteiger partial charge is 0.248 e. The van der Waals surface area contributed by atoms with Gasteiger partial charge in [-0.05, 0) is 23.3 Å². The van der Waals surface area contributed by atoms with Gasteiger partial charge in [-0.3, -0.25) is 4.79 Å². The van der Waals surface area contributed by atoms with E-state index in [0.29, 0.717) is 28.8 Å². The molecule has 0 saturated carbocycles. The summed E-state index contributed by atoms with van der Waals surface area (Å²) in [5.74, 6) is 0.524. The topological polar surface area (TPSA) is 82.6 Å². The first-order valence-electron chi connectivity index (χ1n) is 7.30. The summed E-state index contributed by atoms with van der Waals surface area (Å²) in [6.07, 6.45) is -1.01. The van der Waals surface area contributed by atoms with Crippen LogP contribution in [-0.2, 0) is 6.61 Å². The van der Waals surface area contributed by atoms with Crippen molar-refractivity contribution in [1.82, 2.24) is 4.98 Å². The van der Waals surface area contributed by atoms with Gasteiger partial charge in [0.25, 0.3) is 0 Å². The summed E-state index contributed by atoms with van der Waals surface area (Å²) >= 11 is 0. The maximum absolute atomic E-state index is 11.6. The normalized spacial score (nSPS) is 12.3. The minimum Gasteiger partial charge on any atom is -0.487 e. The number of aromatic amines is 1. The van der Waals surface area contributed by atoms with Gasteiger partial charge in [0.1, 0.15) is 18.5 Å². The Hall–Kier alpha value is -2.63. The molecule has 5 nitrogen and oxygen atoms in total. The molecular formula is C18H17NO4. The molecule has 23 heavy (non-hydrogen) atoms. The molecule has 118 valence electrons. The average Bonchev–Trinajstić information content (AvgIpc) is 2.59. The number of aromatic nitrogens is 1. The number of aliphatic hydroxyl groups excluding tert-OH is 2. The minimum absolute atomic E-state index is 0.252. The quantitative estimate of drug-likeness (QED) is 0.674. The van der Waals surface area contributed by atoms with Gasteiger partial charge < -0.3 is 19.9 Å². The van der Waals surface area contributed by atoms with Crippen molar-refractivity contribution in [2.24, 2.45) is 0 Å². The average molecular weight is 311 g/mol. The fourth-order valence-electron chi connectivity index (χ4n) is 2.49. The summed E-state index contributed by atoms with van der Waals surface area (Å²) in [5, 5.41) is 19.7. The summed E-state index contributed by atoms with van der Waals surface area (Å²) in [7, 11) is 0. The monoisotopic (exact) mass is 311 g/mol. The van der Waals surface area contributed by atoms with E-state index in [4.69, 9.17) is 4.74 Å². The van der Waals surface area contributed by atoms with Crippen LogP contribution in [0.15, 0.2) is 59.4 Å². The zero-order valence-corrected chi connectivity index (χ0v) is 12.4. The van der Waals surface area contributed by atoms with Crippen LogP contribution in [0.3, 0.4) is 0 Å². The summed E-state index contributed by atoms with van der Waals surface area (Å²) < 4.78 is 5.81. The van der Waals surface area contributed by atoms with E-state index >= 15 is 0 Å². The van der Waals surface area contributed by atoms with E-state index in [0.717, 1.165) is 5.56 Å². The Morgan fingerprint density at radius 3 is 2.57 bits per heavy atom. The van der Waals surface area contributed by atoms with Crippen LogP contribution in [0.2, 0.25) is 0 Å². The third kappa shape index (κ3) is 3.26. The highest BCUT2D eigenvalue weighted by molar-refractivity contribution is 5.87. The fourth-order valence-corrected chi connectivity index (χ4v) is 2.49. The predicted molar refractivity (Wildman–Crippen MR) is 87.4 cm³/mol. The lowest BCUT2D eigenvalue weighted by Gasteiger charge is -2.14. The third-order valence-electron chi connectivity index (χ3n) is 3.66. The molecule has 0 bridgehead atoms. The van der Waals surface area contributed by atoms with Gasteiger partial charge in [0.15, 0.2) is 0 Å². The van der Waals surface area contributed by atoms with Crippen molar-refractivity contribution in [3.8, 4) is 5.75 Å². The van der Waals surface area contributed by atoms with Crippen molar-refractivity contribution in [2.45, 2.75) is 12.7 Å². The molecule has 1 aromatic heterocycles. The number of aliphatic hydroxyl groups is 2. The number of hydrogen-bond acceptors (Lipinski definition) is 4. The molecule has 0 radical (unpaired) electrons.